The Labute approximate surface area is 189 Å². The normalized spacial score (nSPS) is 10.8. The average Bonchev–Trinajstić information content (AvgIpc) is 2.86. The molecule has 5 aromatic rings. The summed E-state index contributed by atoms with van der Waals surface area (Å²) in [5, 5.41) is 11.6. The second-order valence-electron chi connectivity index (χ2n) is 8.03. The van der Waals surface area contributed by atoms with Crippen LogP contribution < -0.4 is 0 Å². The monoisotopic (exact) mass is 412 g/mol. The number of hydrogen-bond acceptors (Lipinski definition) is 1. The molecule has 0 atom stereocenters. The minimum Gasteiger partial charge on any atom is -0.507 e. The van der Waals surface area contributed by atoms with E-state index in [1.807, 2.05) is 60.7 Å². The van der Waals surface area contributed by atoms with E-state index >= 15 is 0 Å². The van der Waals surface area contributed by atoms with Gasteiger partial charge >= 0.3 is 0 Å². The van der Waals surface area contributed by atoms with E-state index in [9.17, 15) is 5.11 Å². The van der Waals surface area contributed by atoms with Crippen molar-refractivity contribution in [3.63, 3.8) is 0 Å². The van der Waals surface area contributed by atoms with Crippen LogP contribution in [0, 0.1) is 6.92 Å². The van der Waals surface area contributed by atoms with Crippen LogP contribution in [0.25, 0.3) is 44.5 Å². The molecule has 32 heavy (non-hydrogen) atoms. The molecule has 5 aromatic carbocycles. The second kappa shape index (κ2) is 8.56. The molecule has 0 aromatic heterocycles. The summed E-state index contributed by atoms with van der Waals surface area (Å²) in [6.07, 6.45) is 0. The molecule has 1 N–H and O–H groups in total. The lowest BCUT2D eigenvalue weighted by Gasteiger charge is -2.17. The number of rotatable bonds is 4. The van der Waals surface area contributed by atoms with Crippen molar-refractivity contribution in [3.05, 3.63) is 127 Å². The Kier molecular flexibility index (Phi) is 5.31. The predicted octanol–water partition coefficient (Wildman–Crippen LogP) is 8.37. The molecule has 154 valence electrons. The first-order valence-corrected chi connectivity index (χ1v) is 10.9. The van der Waals surface area contributed by atoms with Gasteiger partial charge in [0.15, 0.2) is 0 Å². The van der Waals surface area contributed by atoms with Gasteiger partial charge in [-0.1, -0.05) is 109 Å². The van der Waals surface area contributed by atoms with E-state index in [4.69, 9.17) is 0 Å². The standard InChI is InChI=1S/C31H24O/c1-22-20-29(27-18-10-8-16-25(27)23-12-4-2-5-13-23)31(32)30(21-22)28-19-11-9-17-26(28)24-14-6-3-7-15-24/h2-21,32H,1H3. The summed E-state index contributed by atoms with van der Waals surface area (Å²) >= 11 is 0. The van der Waals surface area contributed by atoms with Gasteiger partial charge in [-0.25, -0.2) is 0 Å². The van der Waals surface area contributed by atoms with Crippen molar-refractivity contribution in [2.45, 2.75) is 6.92 Å². The summed E-state index contributed by atoms with van der Waals surface area (Å²) in [5.41, 5.74) is 9.35. The van der Waals surface area contributed by atoms with E-state index in [0.29, 0.717) is 5.75 Å². The number of aryl methyl sites for hydroxylation is 1. The molecular weight excluding hydrogens is 388 g/mol. The van der Waals surface area contributed by atoms with Gasteiger partial charge in [-0.2, -0.15) is 0 Å². The number of aromatic hydroxyl groups is 1. The molecule has 0 aliphatic heterocycles. The highest BCUT2D eigenvalue weighted by molar-refractivity contribution is 5.93. The summed E-state index contributed by atoms with van der Waals surface area (Å²) in [5.74, 6) is 0.308. The molecule has 0 spiro atoms. The lowest BCUT2D eigenvalue weighted by atomic mass is 9.88. The van der Waals surface area contributed by atoms with Gasteiger partial charge in [0.25, 0.3) is 0 Å². The van der Waals surface area contributed by atoms with Crippen molar-refractivity contribution in [3.8, 4) is 50.3 Å². The third-order valence-corrected chi connectivity index (χ3v) is 5.86. The fourth-order valence-corrected chi connectivity index (χ4v) is 4.36. The number of phenols is 1. The van der Waals surface area contributed by atoms with Crippen LogP contribution in [0.4, 0.5) is 0 Å². The van der Waals surface area contributed by atoms with E-state index in [0.717, 1.165) is 50.1 Å². The number of phenolic OH excluding ortho intramolecular Hbond substituents is 1. The first kappa shape index (κ1) is 19.8. The Morgan fingerprint density at radius 1 is 0.406 bits per heavy atom. The average molecular weight is 413 g/mol. The molecule has 0 amide bonds. The summed E-state index contributed by atoms with van der Waals surface area (Å²) in [7, 11) is 0. The molecule has 0 radical (unpaired) electrons. The predicted molar refractivity (Wildman–Crippen MR) is 135 cm³/mol. The van der Waals surface area contributed by atoms with Crippen LogP contribution in [0.5, 0.6) is 5.75 Å². The number of benzene rings is 5. The fourth-order valence-electron chi connectivity index (χ4n) is 4.36. The van der Waals surface area contributed by atoms with Gasteiger partial charge in [0.2, 0.25) is 0 Å². The summed E-state index contributed by atoms with van der Waals surface area (Å²) in [6.45, 7) is 2.09. The molecule has 0 saturated carbocycles. The minimum absolute atomic E-state index is 0.308. The van der Waals surface area contributed by atoms with Crippen LogP contribution in [0.15, 0.2) is 121 Å². The first-order chi connectivity index (χ1) is 15.7. The van der Waals surface area contributed by atoms with E-state index in [1.165, 1.54) is 0 Å². The van der Waals surface area contributed by atoms with E-state index in [1.54, 1.807) is 0 Å². The smallest absolute Gasteiger partial charge is 0.131 e. The summed E-state index contributed by atoms with van der Waals surface area (Å²) in [4.78, 5) is 0. The Morgan fingerprint density at radius 3 is 1.16 bits per heavy atom. The molecule has 0 saturated heterocycles. The first-order valence-electron chi connectivity index (χ1n) is 10.9. The van der Waals surface area contributed by atoms with Crippen LogP contribution >= 0.6 is 0 Å². The van der Waals surface area contributed by atoms with Gasteiger partial charge in [-0.15, -0.1) is 0 Å². The zero-order chi connectivity index (χ0) is 21.9. The Bertz CT molecular complexity index is 1260. The fraction of sp³-hybridized carbons (Fsp3) is 0.0323. The zero-order valence-electron chi connectivity index (χ0n) is 18.0. The van der Waals surface area contributed by atoms with Crippen LogP contribution in [-0.4, -0.2) is 5.11 Å². The van der Waals surface area contributed by atoms with Crippen LogP contribution in [0.3, 0.4) is 0 Å². The second-order valence-corrected chi connectivity index (χ2v) is 8.03. The van der Waals surface area contributed by atoms with E-state index in [-0.39, 0.29) is 0 Å². The highest BCUT2D eigenvalue weighted by Crippen LogP contribution is 2.44. The van der Waals surface area contributed by atoms with Gasteiger partial charge < -0.3 is 5.11 Å². The molecule has 1 heteroatoms. The molecule has 0 aliphatic rings. The third kappa shape index (κ3) is 3.70. The number of hydrogen-bond donors (Lipinski definition) is 1. The van der Waals surface area contributed by atoms with Crippen LogP contribution in [0.2, 0.25) is 0 Å². The molecule has 0 fully saturated rings. The SMILES string of the molecule is Cc1cc(-c2ccccc2-c2ccccc2)c(O)c(-c2ccccc2-c2ccccc2)c1. The molecular formula is C31H24O. The van der Waals surface area contributed by atoms with Crippen molar-refractivity contribution < 1.29 is 5.11 Å². The van der Waals surface area contributed by atoms with E-state index < -0.39 is 0 Å². The molecule has 0 aliphatic carbocycles. The molecule has 0 unspecified atom stereocenters. The van der Waals surface area contributed by atoms with Crippen molar-refractivity contribution in [2.24, 2.45) is 0 Å². The van der Waals surface area contributed by atoms with Gasteiger partial charge in [0, 0.05) is 11.1 Å². The van der Waals surface area contributed by atoms with Gasteiger partial charge in [-0.05, 0) is 58.0 Å². The highest BCUT2D eigenvalue weighted by atomic mass is 16.3. The van der Waals surface area contributed by atoms with Gasteiger partial charge in [-0.3, -0.25) is 0 Å². The molecule has 1 nitrogen and oxygen atoms in total. The van der Waals surface area contributed by atoms with Crippen LogP contribution in [-0.2, 0) is 0 Å². The molecule has 0 bridgehead atoms. The van der Waals surface area contributed by atoms with Crippen molar-refractivity contribution in [2.75, 3.05) is 0 Å². The molecule has 0 heterocycles. The maximum atomic E-state index is 11.6. The maximum Gasteiger partial charge on any atom is 0.131 e. The van der Waals surface area contributed by atoms with E-state index in [2.05, 4.69) is 67.6 Å². The third-order valence-electron chi connectivity index (χ3n) is 5.86. The summed E-state index contributed by atoms with van der Waals surface area (Å²) < 4.78 is 0. The van der Waals surface area contributed by atoms with Crippen molar-refractivity contribution in [1.29, 1.82) is 0 Å². The largest absolute Gasteiger partial charge is 0.507 e. The maximum absolute atomic E-state index is 11.6. The van der Waals surface area contributed by atoms with Crippen LogP contribution in [0.1, 0.15) is 5.56 Å². The minimum atomic E-state index is 0.308. The zero-order valence-corrected chi connectivity index (χ0v) is 18.0. The van der Waals surface area contributed by atoms with Gasteiger partial charge in [0.05, 0.1) is 0 Å². The Balaban J connectivity index is 1.73. The molecule has 5 rings (SSSR count). The topological polar surface area (TPSA) is 20.2 Å². The Morgan fingerprint density at radius 2 is 0.750 bits per heavy atom. The highest BCUT2D eigenvalue weighted by Gasteiger charge is 2.17. The lowest BCUT2D eigenvalue weighted by Crippen LogP contribution is -1.91. The van der Waals surface area contributed by atoms with Gasteiger partial charge in [0.1, 0.15) is 5.75 Å². The van der Waals surface area contributed by atoms with Crippen molar-refractivity contribution >= 4 is 0 Å². The lowest BCUT2D eigenvalue weighted by molar-refractivity contribution is 0.479. The quantitative estimate of drug-likeness (QED) is 0.314. The van der Waals surface area contributed by atoms with Crippen molar-refractivity contribution in [1.82, 2.24) is 0 Å². The summed E-state index contributed by atoms with van der Waals surface area (Å²) in [6, 6.07) is 41.4. The Hall–Kier alpha value is -4.10.